The number of nitrogens with zero attached hydrogens (tertiary/aromatic N) is 1. The fourth-order valence-electron chi connectivity index (χ4n) is 2.27. The number of halogens is 1. The molecule has 4 nitrogen and oxygen atoms in total. The Hall–Kier alpha value is -1.52. The van der Waals surface area contributed by atoms with Crippen LogP contribution in [-0.2, 0) is 22.6 Å². The first kappa shape index (κ1) is 15.9. The number of hydrogen-bond donors (Lipinski definition) is 1. The summed E-state index contributed by atoms with van der Waals surface area (Å²) in [5.74, 6) is -0.238. The van der Waals surface area contributed by atoms with Gasteiger partial charge in [-0.25, -0.2) is 0 Å². The number of nitrogens with one attached hydrogen (secondary N) is 1. The van der Waals surface area contributed by atoms with Crippen molar-refractivity contribution in [2.45, 2.75) is 39.9 Å². The smallest absolute Gasteiger partial charge is 0.325 e. The van der Waals surface area contributed by atoms with E-state index in [0.717, 1.165) is 23.0 Å². The predicted molar refractivity (Wildman–Crippen MR) is 85.6 cm³/mol. The molecule has 2 aromatic rings. The van der Waals surface area contributed by atoms with Gasteiger partial charge < -0.3 is 14.6 Å². The highest BCUT2D eigenvalue weighted by Gasteiger charge is 2.12. The highest BCUT2D eigenvalue weighted by Crippen LogP contribution is 2.25. The van der Waals surface area contributed by atoms with Crippen LogP contribution in [0.4, 0.5) is 0 Å². The zero-order chi connectivity index (χ0) is 15.4. The normalized spacial score (nSPS) is 11.3. The van der Waals surface area contributed by atoms with Crippen LogP contribution in [0.3, 0.4) is 0 Å². The second kappa shape index (κ2) is 6.96. The van der Waals surface area contributed by atoms with E-state index in [-0.39, 0.29) is 12.5 Å². The standard InChI is InChI=1S/C16H21ClN2O2/c1-4-21-16(20)10-19-9-12(8-18-11(2)3)14-6-5-13(17)7-15(14)19/h5-7,9,11,18H,4,8,10H2,1-3H3. The molecule has 21 heavy (non-hydrogen) atoms. The Morgan fingerprint density at radius 3 is 2.86 bits per heavy atom. The van der Waals surface area contributed by atoms with Gasteiger partial charge in [-0.05, 0) is 24.6 Å². The minimum Gasteiger partial charge on any atom is -0.465 e. The fraction of sp³-hybridized carbons (Fsp3) is 0.438. The minimum absolute atomic E-state index is 0.201. The molecule has 114 valence electrons. The van der Waals surface area contributed by atoms with Crippen LogP contribution < -0.4 is 5.32 Å². The maximum Gasteiger partial charge on any atom is 0.325 e. The summed E-state index contributed by atoms with van der Waals surface area (Å²) in [7, 11) is 0. The molecule has 0 saturated carbocycles. The lowest BCUT2D eigenvalue weighted by atomic mass is 10.1. The number of carbonyl (C=O) groups excluding carboxylic acids is 1. The number of rotatable bonds is 6. The van der Waals surface area contributed by atoms with Crippen LogP contribution in [0, 0.1) is 0 Å². The van der Waals surface area contributed by atoms with Crippen LogP contribution >= 0.6 is 11.6 Å². The second-order valence-electron chi connectivity index (χ2n) is 5.28. The van der Waals surface area contributed by atoms with Gasteiger partial charge >= 0.3 is 5.97 Å². The van der Waals surface area contributed by atoms with Gasteiger partial charge in [-0.1, -0.05) is 31.5 Å². The van der Waals surface area contributed by atoms with Crippen molar-refractivity contribution in [2.24, 2.45) is 0 Å². The Morgan fingerprint density at radius 1 is 1.43 bits per heavy atom. The number of ether oxygens (including phenoxy) is 1. The van der Waals surface area contributed by atoms with Crippen molar-refractivity contribution >= 4 is 28.5 Å². The molecule has 0 saturated heterocycles. The van der Waals surface area contributed by atoms with Gasteiger partial charge in [-0.2, -0.15) is 0 Å². The number of esters is 1. The van der Waals surface area contributed by atoms with E-state index in [1.165, 1.54) is 0 Å². The van der Waals surface area contributed by atoms with Crippen LogP contribution in [0.2, 0.25) is 5.02 Å². The summed E-state index contributed by atoms with van der Waals surface area (Å²) in [4.78, 5) is 11.7. The van der Waals surface area contributed by atoms with E-state index in [2.05, 4.69) is 19.2 Å². The molecular formula is C16H21ClN2O2. The van der Waals surface area contributed by atoms with Crippen molar-refractivity contribution in [1.82, 2.24) is 9.88 Å². The van der Waals surface area contributed by atoms with Crippen LogP contribution in [-0.4, -0.2) is 23.2 Å². The van der Waals surface area contributed by atoms with Crippen molar-refractivity contribution in [3.8, 4) is 0 Å². The van der Waals surface area contributed by atoms with Gasteiger partial charge in [0.25, 0.3) is 0 Å². The summed E-state index contributed by atoms with van der Waals surface area (Å²) < 4.78 is 6.92. The third-order valence-electron chi connectivity index (χ3n) is 3.23. The number of benzene rings is 1. The van der Waals surface area contributed by atoms with Crippen LogP contribution in [0.25, 0.3) is 10.9 Å². The van der Waals surface area contributed by atoms with Crippen molar-refractivity contribution in [3.05, 3.63) is 35.0 Å². The highest BCUT2D eigenvalue weighted by atomic mass is 35.5. The molecule has 0 atom stereocenters. The average molecular weight is 309 g/mol. The molecule has 1 heterocycles. The first-order chi connectivity index (χ1) is 10.0. The van der Waals surface area contributed by atoms with E-state index < -0.39 is 0 Å². The maximum absolute atomic E-state index is 11.7. The van der Waals surface area contributed by atoms with Gasteiger partial charge in [0.05, 0.1) is 12.1 Å². The SMILES string of the molecule is CCOC(=O)Cn1cc(CNC(C)C)c2ccc(Cl)cc21. The number of fused-ring (bicyclic) bond motifs is 1. The first-order valence-electron chi connectivity index (χ1n) is 7.17. The van der Waals surface area contributed by atoms with Gasteiger partial charge in [0.2, 0.25) is 0 Å². The monoisotopic (exact) mass is 308 g/mol. The lowest BCUT2D eigenvalue weighted by Crippen LogP contribution is -2.21. The molecule has 2 rings (SSSR count). The van der Waals surface area contributed by atoms with Crippen molar-refractivity contribution in [1.29, 1.82) is 0 Å². The highest BCUT2D eigenvalue weighted by molar-refractivity contribution is 6.31. The average Bonchev–Trinajstić information content (AvgIpc) is 2.74. The summed E-state index contributed by atoms with van der Waals surface area (Å²) in [5, 5.41) is 5.17. The van der Waals surface area contributed by atoms with Crippen molar-refractivity contribution < 1.29 is 9.53 Å². The molecule has 1 aromatic heterocycles. The Kier molecular flexibility index (Phi) is 5.26. The molecule has 1 N–H and O–H groups in total. The summed E-state index contributed by atoms with van der Waals surface area (Å²) in [5.41, 5.74) is 2.11. The van der Waals surface area contributed by atoms with Gasteiger partial charge in [-0.15, -0.1) is 0 Å². The summed E-state index contributed by atoms with van der Waals surface area (Å²) in [6.07, 6.45) is 1.99. The maximum atomic E-state index is 11.7. The quantitative estimate of drug-likeness (QED) is 0.832. The van der Waals surface area contributed by atoms with E-state index in [4.69, 9.17) is 16.3 Å². The number of carbonyl (C=O) groups is 1. The zero-order valence-electron chi connectivity index (χ0n) is 12.6. The second-order valence-corrected chi connectivity index (χ2v) is 5.72. The molecule has 0 bridgehead atoms. The number of hydrogen-bond acceptors (Lipinski definition) is 3. The Balaban J connectivity index is 2.34. The van der Waals surface area contributed by atoms with Gasteiger partial charge in [-0.3, -0.25) is 4.79 Å². The first-order valence-corrected chi connectivity index (χ1v) is 7.55. The zero-order valence-corrected chi connectivity index (χ0v) is 13.4. The summed E-state index contributed by atoms with van der Waals surface area (Å²) in [6, 6.07) is 6.16. The Bertz CT molecular complexity index is 634. The molecule has 0 aliphatic heterocycles. The number of aromatic nitrogens is 1. The van der Waals surface area contributed by atoms with Crippen molar-refractivity contribution in [3.63, 3.8) is 0 Å². The molecule has 0 fully saturated rings. The lowest BCUT2D eigenvalue weighted by molar-refractivity contribution is -0.143. The van der Waals surface area contributed by atoms with Crippen LogP contribution in [0.1, 0.15) is 26.3 Å². The fourth-order valence-corrected chi connectivity index (χ4v) is 2.44. The molecule has 1 aromatic carbocycles. The molecule has 0 spiro atoms. The molecule has 0 unspecified atom stereocenters. The van der Waals surface area contributed by atoms with Gasteiger partial charge in [0.15, 0.2) is 0 Å². The Morgan fingerprint density at radius 2 is 2.19 bits per heavy atom. The minimum atomic E-state index is -0.238. The van der Waals surface area contributed by atoms with Gasteiger partial charge in [0, 0.05) is 29.2 Å². The van der Waals surface area contributed by atoms with E-state index in [1.54, 1.807) is 6.92 Å². The van der Waals surface area contributed by atoms with Crippen molar-refractivity contribution in [2.75, 3.05) is 6.61 Å². The molecule has 0 aliphatic rings. The van der Waals surface area contributed by atoms with E-state index in [0.29, 0.717) is 17.7 Å². The van der Waals surface area contributed by atoms with Gasteiger partial charge in [0.1, 0.15) is 6.54 Å². The van der Waals surface area contributed by atoms with E-state index in [1.807, 2.05) is 29.0 Å². The summed E-state index contributed by atoms with van der Waals surface area (Å²) >= 11 is 6.08. The largest absolute Gasteiger partial charge is 0.465 e. The van der Waals surface area contributed by atoms with Crippen LogP contribution in [0.15, 0.2) is 24.4 Å². The van der Waals surface area contributed by atoms with E-state index in [9.17, 15) is 4.79 Å². The lowest BCUT2D eigenvalue weighted by Gasteiger charge is -2.06. The van der Waals surface area contributed by atoms with Crippen LogP contribution in [0.5, 0.6) is 0 Å². The summed E-state index contributed by atoms with van der Waals surface area (Å²) in [6.45, 7) is 7.36. The van der Waals surface area contributed by atoms with E-state index >= 15 is 0 Å². The molecule has 0 amide bonds. The Labute approximate surface area is 130 Å². The molecular weight excluding hydrogens is 288 g/mol. The third kappa shape index (κ3) is 3.99. The molecule has 5 heteroatoms. The predicted octanol–water partition coefficient (Wildman–Crippen LogP) is 3.36. The topological polar surface area (TPSA) is 43.3 Å². The molecule has 0 aliphatic carbocycles. The third-order valence-corrected chi connectivity index (χ3v) is 3.47. The molecule has 0 radical (unpaired) electrons.